The first kappa shape index (κ1) is 17.8. The number of amides is 3. The predicted octanol–water partition coefficient (Wildman–Crippen LogP) is -0.263. The topological polar surface area (TPSA) is 118 Å². The summed E-state index contributed by atoms with van der Waals surface area (Å²) in [5, 5.41) is 2.43. The molecular formula is C16H23N5O3. The van der Waals surface area contributed by atoms with Crippen LogP contribution < -0.4 is 11.1 Å². The van der Waals surface area contributed by atoms with Gasteiger partial charge in [0.1, 0.15) is 0 Å². The van der Waals surface area contributed by atoms with Crippen LogP contribution in [0.4, 0.5) is 0 Å². The maximum absolute atomic E-state index is 11.5. The number of carbonyl (C=O) groups excluding carboxylic acids is 3. The molecule has 1 aromatic heterocycles. The van der Waals surface area contributed by atoms with Crippen LogP contribution in [0.5, 0.6) is 0 Å². The van der Waals surface area contributed by atoms with Gasteiger partial charge < -0.3 is 16.0 Å². The van der Waals surface area contributed by atoms with Crippen molar-refractivity contribution in [2.45, 2.75) is 38.5 Å². The van der Waals surface area contributed by atoms with Crippen LogP contribution in [0.15, 0.2) is 12.4 Å². The number of nitrogens with two attached hydrogens (primary N) is 1. The van der Waals surface area contributed by atoms with E-state index in [-0.39, 0.29) is 30.7 Å². The molecule has 0 spiro atoms. The van der Waals surface area contributed by atoms with Gasteiger partial charge >= 0.3 is 0 Å². The normalized spacial score (nSPS) is 17.4. The van der Waals surface area contributed by atoms with Crippen molar-refractivity contribution in [3.8, 4) is 0 Å². The number of aryl methyl sites for hydroxylation is 1. The molecule has 1 atom stereocenters. The Balaban J connectivity index is 1.85. The number of carbonyl (C=O) groups is 3. The maximum atomic E-state index is 11.5. The van der Waals surface area contributed by atoms with Gasteiger partial charge in [-0.25, -0.2) is 0 Å². The Morgan fingerprint density at radius 1 is 1.33 bits per heavy atom. The molecule has 2 heterocycles. The number of likely N-dealkylation sites (tertiary alicyclic amines) is 1. The van der Waals surface area contributed by atoms with Crippen molar-refractivity contribution >= 4 is 17.7 Å². The molecule has 24 heavy (non-hydrogen) atoms. The van der Waals surface area contributed by atoms with Crippen molar-refractivity contribution in [1.29, 1.82) is 0 Å². The average Bonchev–Trinajstić information content (AvgIpc) is 2.58. The second kappa shape index (κ2) is 8.37. The van der Waals surface area contributed by atoms with Gasteiger partial charge in [0.25, 0.3) is 0 Å². The summed E-state index contributed by atoms with van der Waals surface area (Å²) in [5.41, 5.74) is 6.56. The molecule has 1 aliphatic rings. The van der Waals surface area contributed by atoms with Gasteiger partial charge in [-0.3, -0.25) is 24.4 Å². The molecule has 0 radical (unpaired) electrons. The van der Waals surface area contributed by atoms with Crippen molar-refractivity contribution in [2.75, 3.05) is 19.6 Å². The lowest BCUT2D eigenvalue weighted by Crippen LogP contribution is -2.37. The fourth-order valence-corrected chi connectivity index (χ4v) is 2.72. The smallest absolute Gasteiger partial charge is 0.236 e. The van der Waals surface area contributed by atoms with Gasteiger partial charge in [-0.05, 0) is 19.3 Å². The van der Waals surface area contributed by atoms with E-state index in [4.69, 9.17) is 5.73 Å². The van der Waals surface area contributed by atoms with Gasteiger partial charge in [-0.1, -0.05) is 0 Å². The monoisotopic (exact) mass is 333 g/mol. The summed E-state index contributed by atoms with van der Waals surface area (Å²) in [6, 6.07) is 0. The van der Waals surface area contributed by atoms with E-state index in [0.29, 0.717) is 18.7 Å². The molecule has 2 rings (SSSR count). The van der Waals surface area contributed by atoms with Crippen LogP contribution in [0.25, 0.3) is 0 Å². The van der Waals surface area contributed by atoms with Crippen molar-refractivity contribution in [3.63, 3.8) is 0 Å². The summed E-state index contributed by atoms with van der Waals surface area (Å²) in [6.45, 7) is 2.91. The Labute approximate surface area is 140 Å². The number of nitrogens with one attached hydrogen (secondary N) is 1. The van der Waals surface area contributed by atoms with Crippen LogP contribution in [-0.4, -0.2) is 52.2 Å². The highest BCUT2D eigenvalue weighted by Crippen LogP contribution is 2.25. The molecule has 0 aliphatic carbocycles. The van der Waals surface area contributed by atoms with Gasteiger partial charge in [-0.2, -0.15) is 0 Å². The molecule has 1 aliphatic heterocycles. The van der Waals surface area contributed by atoms with Crippen LogP contribution in [0.2, 0.25) is 0 Å². The third-order valence-corrected chi connectivity index (χ3v) is 4.08. The Morgan fingerprint density at radius 3 is 2.75 bits per heavy atom. The second-order valence-corrected chi connectivity index (χ2v) is 5.98. The molecule has 1 unspecified atom stereocenters. The van der Waals surface area contributed by atoms with E-state index < -0.39 is 5.91 Å². The summed E-state index contributed by atoms with van der Waals surface area (Å²) in [5.74, 6) is -0.516. The number of primary amides is 1. The maximum Gasteiger partial charge on any atom is 0.236 e. The first-order valence-electron chi connectivity index (χ1n) is 8.07. The Kier molecular flexibility index (Phi) is 6.22. The van der Waals surface area contributed by atoms with E-state index in [9.17, 15) is 14.4 Å². The molecule has 1 aromatic rings. The minimum absolute atomic E-state index is 0.0891. The molecule has 1 saturated heterocycles. The van der Waals surface area contributed by atoms with Gasteiger partial charge in [-0.15, -0.1) is 0 Å². The van der Waals surface area contributed by atoms with E-state index in [1.165, 1.54) is 0 Å². The van der Waals surface area contributed by atoms with Crippen molar-refractivity contribution in [2.24, 2.45) is 5.73 Å². The van der Waals surface area contributed by atoms with Crippen LogP contribution in [0.3, 0.4) is 0 Å². The van der Waals surface area contributed by atoms with Gasteiger partial charge in [0, 0.05) is 44.7 Å². The van der Waals surface area contributed by atoms with Crippen molar-refractivity contribution in [1.82, 2.24) is 20.2 Å². The van der Waals surface area contributed by atoms with Gasteiger partial charge in [0.15, 0.2) is 0 Å². The van der Waals surface area contributed by atoms with Crippen LogP contribution in [0, 0.1) is 0 Å². The number of piperidine rings is 1. The Hall–Kier alpha value is -2.51. The third kappa shape index (κ3) is 5.29. The molecular weight excluding hydrogens is 310 g/mol. The van der Waals surface area contributed by atoms with Gasteiger partial charge in [0.2, 0.25) is 17.7 Å². The lowest BCUT2D eigenvalue weighted by atomic mass is 9.95. The fraction of sp³-hybridized carbons (Fsp3) is 0.562. The standard InChI is InChI=1S/C16H23N5O3/c1-11(22)21-6-2-3-12(10-21)14-8-18-13(7-19-14)4-5-16(24)20-9-15(17)23/h7-8,12H,2-6,9-10H2,1H3,(H2,17,23)(H,20,24). The number of aromatic nitrogens is 2. The molecule has 3 N–H and O–H groups in total. The van der Waals surface area contributed by atoms with E-state index in [1.807, 2.05) is 4.90 Å². The van der Waals surface area contributed by atoms with Crippen molar-refractivity contribution < 1.29 is 14.4 Å². The van der Waals surface area contributed by atoms with E-state index in [1.54, 1.807) is 19.3 Å². The fourth-order valence-electron chi connectivity index (χ4n) is 2.72. The highest BCUT2D eigenvalue weighted by molar-refractivity contribution is 5.83. The molecule has 0 aromatic carbocycles. The van der Waals surface area contributed by atoms with E-state index in [0.717, 1.165) is 25.1 Å². The first-order chi connectivity index (χ1) is 11.5. The molecule has 3 amide bonds. The summed E-state index contributed by atoms with van der Waals surface area (Å²) in [6.07, 6.45) is 6.03. The summed E-state index contributed by atoms with van der Waals surface area (Å²) in [7, 11) is 0. The van der Waals surface area contributed by atoms with E-state index in [2.05, 4.69) is 15.3 Å². The summed E-state index contributed by atoms with van der Waals surface area (Å²) in [4.78, 5) is 44.3. The molecule has 1 fully saturated rings. The molecule has 130 valence electrons. The summed E-state index contributed by atoms with van der Waals surface area (Å²) >= 11 is 0. The highest BCUT2D eigenvalue weighted by Gasteiger charge is 2.23. The molecule has 8 nitrogen and oxygen atoms in total. The Bertz CT molecular complexity index is 602. The zero-order valence-corrected chi connectivity index (χ0v) is 13.8. The van der Waals surface area contributed by atoms with Gasteiger partial charge in [0.05, 0.1) is 17.9 Å². The highest BCUT2D eigenvalue weighted by atomic mass is 16.2. The number of hydrogen-bond acceptors (Lipinski definition) is 5. The second-order valence-electron chi connectivity index (χ2n) is 5.98. The third-order valence-electron chi connectivity index (χ3n) is 4.08. The van der Waals surface area contributed by atoms with Crippen LogP contribution in [-0.2, 0) is 20.8 Å². The molecule has 0 saturated carbocycles. The number of rotatable bonds is 6. The lowest BCUT2D eigenvalue weighted by Gasteiger charge is -2.31. The average molecular weight is 333 g/mol. The number of hydrogen-bond donors (Lipinski definition) is 2. The van der Waals surface area contributed by atoms with Crippen molar-refractivity contribution in [3.05, 3.63) is 23.8 Å². The minimum Gasteiger partial charge on any atom is -0.368 e. The van der Waals surface area contributed by atoms with E-state index >= 15 is 0 Å². The number of nitrogens with zero attached hydrogens (tertiary/aromatic N) is 3. The van der Waals surface area contributed by atoms with Crippen LogP contribution >= 0.6 is 0 Å². The molecule has 0 bridgehead atoms. The SMILES string of the molecule is CC(=O)N1CCCC(c2cnc(CCC(=O)NCC(N)=O)cn2)C1. The zero-order valence-electron chi connectivity index (χ0n) is 13.8. The predicted molar refractivity (Wildman–Crippen MR) is 86.8 cm³/mol. The molecule has 8 heteroatoms. The zero-order chi connectivity index (χ0) is 17.5. The minimum atomic E-state index is -0.570. The Morgan fingerprint density at radius 2 is 2.12 bits per heavy atom. The largest absolute Gasteiger partial charge is 0.368 e. The summed E-state index contributed by atoms with van der Waals surface area (Å²) < 4.78 is 0. The lowest BCUT2D eigenvalue weighted by molar-refractivity contribution is -0.130. The quantitative estimate of drug-likeness (QED) is 0.743. The first-order valence-corrected chi connectivity index (χ1v) is 8.07. The van der Waals surface area contributed by atoms with Crippen LogP contribution in [0.1, 0.15) is 43.5 Å².